The highest BCUT2D eigenvalue weighted by Crippen LogP contribution is 2.62. The van der Waals surface area contributed by atoms with Gasteiger partial charge in [-0.15, -0.1) is 0 Å². The molecule has 0 saturated carbocycles. The van der Waals surface area contributed by atoms with Crippen molar-refractivity contribution in [1.82, 2.24) is 0 Å². The minimum Gasteiger partial charge on any atom is -0.457 e. The molecule has 1 aliphatic heterocycles. The predicted octanol–water partition coefficient (Wildman–Crippen LogP) is 14.1. The summed E-state index contributed by atoms with van der Waals surface area (Å²) < 4.78 is 6.56. The van der Waals surface area contributed by atoms with Crippen molar-refractivity contribution in [2.24, 2.45) is 0 Å². The zero-order valence-electron chi connectivity index (χ0n) is 30.1. The first-order valence-corrected chi connectivity index (χ1v) is 18.9. The van der Waals surface area contributed by atoms with Crippen molar-refractivity contribution in [3.8, 4) is 44.9 Å². The Morgan fingerprint density at radius 1 is 0.327 bits per heavy atom. The second-order valence-corrected chi connectivity index (χ2v) is 14.4. The lowest BCUT2D eigenvalue weighted by Crippen LogP contribution is -2.32. The fourth-order valence-electron chi connectivity index (χ4n) is 9.15. The molecule has 0 unspecified atom stereocenters. The standard InChI is InChI=1S/C53H35NO/c1-3-15-36(16-4-1)39-33-38-17-7-8-20-43(38)45(34-39)37-27-29-41(30-28-37)54(40-18-5-2-6-19-40)42-31-32-48-46(35-42)44-21-9-10-22-47(44)53(48)49-23-11-13-25-51(49)55-52-26-14-12-24-50(52)53/h1-35H. The topological polar surface area (TPSA) is 12.5 Å². The first-order valence-electron chi connectivity index (χ1n) is 18.9. The van der Waals surface area contributed by atoms with Gasteiger partial charge in [-0.3, -0.25) is 0 Å². The van der Waals surface area contributed by atoms with Gasteiger partial charge in [0.05, 0.1) is 5.41 Å². The third kappa shape index (κ3) is 4.82. The molecule has 258 valence electrons. The van der Waals surface area contributed by atoms with Crippen LogP contribution in [0.15, 0.2) is 212 Å². The highest BCUT2D eigenvalue weighted by Gasteiger charge is 2.51. The molecule has 1 aliphatic carbocycles. The van der Waals surface area contributed by atoms with E-state index in [-0.39, 0.29) is 0 Å². The summed E-state index contributed by atoms with van der Waals surface area (Å²) in [5.74, 6) is 1.81. The maximum absolute atomic E-state index is 6.56. The fraction of sp³-hybridized carbons (Fsp3) is 0.0189. The molecule has 9 aromatic rings. The van der Waals surface area contributed by atoms with Gasteiger partial charge >= 0.3 is 0 Å². The molecule has 11 rings (SSSR count). The summed E-state index contributed by atoms with van der Waals surface area (Å²) in [6.45, 7) is 0. The van der Waals surface area contributed by atoms with Crippen LogP contribution in [0, 0.1) is 0 Å². The zero-order valence-corrected chi connectivity index (χ0v) is 30.1. The summed E-state index contributed by atoms with van der Waals surface area (Å²) in [5, 5.41) is 2.48. The molecule has 0 amide bonds. The number of benzene rings is 9. The zero-order chi connectivity index (χ0) is 36.3. The van der Waals surface area contributed by atoms with E-state index in [1.165, 1.54) is 66.4 Å². The van der Waals surface area contributed by atoms with Gasteiger partial charge < -0.3 is 9.64 Å². The summed E-state index contributed by atoms with van der Waals surface area (Å²) in [5.41, 5.74) is 15.1. The summed E-state index contributed by atoms with van der Waals surface area (Å²) in [7, 11) is 0. The Bertz CT molecular complexity index is 2850. The number of fused-ring (bicyclic) bond motifs is 10. The Hall–Kier alpha value is -7.16. The molecular weight excluding hydrogens is 667 g/mol. The van der Waals surface area contributed by atoms with Crippen molar-refractivity contribution in [3.63, 3.8) is 0 Å². The number of anilines is 3. The van der Waals surface area contributed by atoms with Gasteiger partial charge in [0, 0.05) is 28.2 Å². The van der Waals surface area contributed by atoms with Crippen molar-refractivity contribution in [1.29, 1.82) is 0 Å². The third-order valence-electron chi connectivity index (χ3n) is 11.5. The number of ether oxygens (including phenoxy) is 1. The van der Waals surface area contributed by atoms with E-state index in [0.717, 1.165) is 28.6 Å². The molecule has 0 N–H and O–H groups in total. The minimum absolute atomic E-state index is 0.494. The van der Waals surface area contributed by atoms with E-state index in [1.807, 2.05) is 0 Å². The molecule has 55 heavy (non-hydrogen) atoms. The first kappa shape index (κ1) is 31.4. The van der Waals surface area contributed by atoms with Crippen molar-refractivity contribution < 1.29 is 4.74 Å². The maximum Gasteiger partial charge on any atom is 0.132 e. The Labute approximate surface area is 321 Å². The van der Waals surface area contributed by atoms with E-state index in [2.05, 4.69) is 217 Å². The van der Waals surface area contributed by atoms with E-state index < -0.39 is 5.41 Å². The molecule has 0 radical (unpaired) electrons. The van der Waals surface area contributed by atoms with Crippen molar-refractivity contribution in [2.45, 2.75) is 5.41 Å². The number of para-hydroxylation sites is 3. The first-order chi connectivity index (χ1) is 27.3. The number of hydrogen-bond acceptors (Lipinski definition) is 2. The summed E-state index contributed by atoms with van der Waals surface area (Å²) in [6, 6.07) is 76.8. The SMILES string of the molecule is c1ccc(-c2cc(-c3ccc(N(c4ccccc4)c4ccc5c(c4)-c4ccccc4C54c5ccccc5Oc5ccccc54)cc3)c3ccccc3c2)cc1. The maximum atomic E-state index is 6.56. The van der Waals surface area contributed by atoms with Crippen LogP contribution in [0.3, 0.4) is 0 Å². The quantitative estimate of drug-likeness (QED) is 0.177. The van der Waals surface area contributed by atoms with Gasteiger partial charge in [-0.25, -0.2) is 0 Å². The van der Waals surface area contributed by atoms with Crippen molar-refractivity contribution in [2.75, 3.05) is 4.90 Å². The van der Waals surface area contributed by atoms with E-state index >= 15 is 0 Å². The van der Waals surface area contributed by atoms with E-state index in [4.69, 9.17) is 4.74 Å². The van der Waals surface area contributed by atoms with Gasteiger partial charge in [-0.2, -0.15) is 0 Å². The van der Waals surface area contributed by atoms with Gasteiger partial charge in [0.25, 0.3) is 0 Å². The molecule has 0 fully saturated rings. The van der Waals surface area contributed by atoms with E-state index in [9.17, 15) is 0 Å². The van der Waals surface area contributed by atoms with Crippen LogP contribution in [-0.4, -0.2) is 0 Å². The molecule has 0 bridgehead atoms. The average Bonchev–Trinajstić information content (AvgIpc) is 3.54. The highest BCUT2D eigenvalue weighted by atomic mass is 16.5. The Kier molecular flexibility index (Phi) is 7.11. The van der Waals surface area contributed by atoms with Crippen LogP contribution in [0.25, 0.3) is 44.2 Å². The van der Waals surface area contributed by atoms with Gasteiger partial charge in [-0.05, 0) is 116 Å². The lowest BCUT2D eigenvalue weighted by Gasteiger charge is -2.39. The molecule has 0 aromatic heterocycles. The Balaban J connectivity index is 1.07. The molecule has 2 heteroatoms. The van der Waals surface area contributed by atoms with Crippen LogP contribution in [-0.2, 0) is 5.41 Å². The van der Waals surface area contributed by atoms with Crippen LogP contribution < -0.4 is 9.64 Å². The molecule has 1 spiro atoms. The molecule has 0 saturated heterocycles. The summed E-state index contributed by atoms with van der Waals surface area (Å²) in [4.78, 5) is 2.38. The van der Waals surface area contributed by atoms with Crippen LogP contribution in [0.1, 0.15) is 22.3 Å². The number of rotatable bonds is 5. The third-order valence-corrected chi connectivity index (χ3v) is 11.5. The largest absolute Gasteiger partial charge is 0.457 e. The second-order valence-electron chi connectivity index (χ2n) is 14.4. The van der Waals surface area contributed by atoms with E-state index in [1.54, 1.807) is 0 Å². The normalized spacial score (nSPS) is 13.0. The van der Waals surface area contributed by atoms with Crippen molar-refractivity contribution in [3.05, 3.63) is 235 Å². The molecule has 2 nitrogen and oxygen atoms in total. The second kappa shape index (κ2) is 12.5. The van der Waals surface area contributed by atoms with Gasteiger partial charge in [0.2, 0.25) is 0 Å². The molecule has 1 heterocycles. The van der Waals surface area contributed by atoms with E-state index in [0.29, 0.717) is 0 Å². The Morgan fingerprint density at radius 2 is 0.891 bits per heavy atom. The smallest absolute Gasteiger partial charge is 0.132 e. The van der Waals surface area contributed by atoms with Gasteiger partial charge in [-0.1, -0.05) is 152 Å². The fourth-order valence-corrected chi connectivity index (χ4v) is 9.15. The predicted molar refractivity (Wildman–Crippen MR) is 227 cm³/mol. The van der Waals surface area contributed by atoms with Crippen LogP contribution in [0.5, 0.6) is 11.5 Å². The number of nitrogens with zero attached hydrogens (tertiary/aromatic N) is 1. The number of hydrogen-bond donors (Lipinski definition) is 0. The molecule has 0 atom stereocenters. The monoisotopic (exact) mass is 701 g/mol. The minimum atomic E-state index is -0.494. The molecule has 9 aromatic carbocycles. The lowest BCUT2D eigenvalue weighted by molar-refractivity contribution is 0.436. The highest BCUT2D eigenvalue weighted by molar-refractivity contribution is 6.00. The summed E-state index contributed by atoms with van der Waals surface area (Å²) in [6.07, 6.45) is 0. The lowest BCUT2D eigenvalue weighted by atomic mass is 9.66. The van der Waals surface area contributed by atoms with Gasteiger partial charge in [0.15, 0.2) is 0 Å². The van der Waals surface area contributed by atoms with Crippen LogP contribution in [0.2, 0.25) is 0 Å². The van der Waals surface area contributed by atoms with Crippen molar-refractivity contribution >= 4 is 27.8 Å². The molecule has 2 aliphatic rings. The average molecular weight is 702 g/mol. The molecular formula is C53H35NO. The summed E-state index contributed by atoms with van der Waals surface area (Å²) >= 11 is 0. The Morgan fingerprint density at radius 3 is 1.64 bits per heavy atom. The van der Waals surface area contributed by atoms with Crippen LogP contribution in [0.4, 0.5) is 17.1 Å². The van der Waals surface area contributed by atoms with Gasteiger partial charge in [0.1, 0.15) is 11.5 Å². The van der Waals surface area contributed by atoms with Crippen LogP contribution >= 0.6 is 0 Å².